The van der Waals surface area contributed by atoms with Crippen LogP contribution in [0.3, 0.4) is 0 Å². The topological polar surface area (TPSA) is 125 Å². The lowest BCUT2D eigenvalue weighted by molar-refractivity contribution is -0.111. The number of hydrogen-bond donors (Lipinski definition) is 3. The summed E-state index contributed by atoms with van der Waals surface area (Å²) in [4.78, 5) is 38.6. The average Bonchev–Trinajstić information content (AvgIpc) is 2.94. The number of benzene rings is 2. The van der Waals surface area contributed by atoms with Crippen LogP contribution in [0, 0.1) is 0 Å². The van der Waals surface area contributed by atoms with Gasteiger partial charge in [0.25, 0.3) is 5.56 Å². The van der Waals surface area contributed by atoms with E-state index in [0.29, 0.717) is 17.0 Å². The fourth-order valence-electron chi connectivity index (χ4n) is 4.32. The van der Waals surface area contributed by atoms with Crippen molar-refractivity contribution in [3.63, 3.8) is 0 Å². The second-order valence-electron chi connectivity index (χ2n) is 9.25. The molecule has 2 aromatic carbocycles. The number of nitrogens with zero attached hydrogens (tertiary/aromatic N) is 5. The number of para-hydroxylation sites is 1. The van der Waals surface area contributed by atoms with Gasteiger partial charge < -0.3 is 30.3 Å². The molecule has 0 bridgehead atoms. The van der Waals surface area contributed by atoms with Gasteiger partial charge in [0.1, 0.15) is 17.1 Å². The Balaban J connectivity index is 1.37. The Labute approximate surface area is 225 Å². The third-order valence-electron chi connectivity index (χ3n) is 6.57. The molecule has 2 aromatic heterocycles. The molecule has 0 radical (unpaired) electrons. The van der Waals surface area contributed by atoms with E-state index in [1.54, 1.807) is 19.3 Å². The lowest BCUT2D eigenvalue weighted by atomic mass is 10.2. The summed E-state index contributed by atoms with van der Waals surface area (Å²) in [6.45, 7) is 7.47. The van der Waals surface area contributed by atoms with Gasteiger partial charge in [-0.1, -0.05) is 12.6 Å². The van der Waals surface area contributed by atoms with Crippen molar-refractivity contribution in [2.24, 2.45) is 7.05 Å². The molecule has 39 heavy (non-hydrogen) atoms. The molecule has 0 atom stereocenters. The van der Waals surface area contributed by atoms with Crippen LogP contribution in [0.25, 0.3) is 11.0 Å². The average molecular weight is 528 g/mol. The van der Waals surface area contributed by atoms with Crippen LogP contribution < -0.4 is 25.8 Å². The van der Waals surface area contributed by atoms with Gasteiger partial charge in [-0.2, -0.15) is 4.98 Å². The summed E-state index contributed by atoms with van der Waals surface area (Å²) >= 11 is 0. The SMILES string of the molecule is C=CC(=O)Nc1c(O)cccc1Oc1cc2cnc(Nc3ccc(N4CCN(C)CC4)cc3)nc2n(C)c1=O. The highest BCUT2D eigenvalue weighted by atomic mass is 16.5. The highest BCUT2D eigenvalue weighted by Gasteiger charge is 2.17. The number of phenols is 1. The van der Waals surface area contributed by atoms with E-state index in [0.717, 1.165) is 37.9 Å². The Hall–Kier alpha value is -4.90. The summed E-state index contributed by atoms with van der Waals surface area (Å²) in [7, 11) is 3.72. The molecule has 11 nitrogen and oxygen atoms in total. The molecule has 0 saturated carbocycles. The molecule has 0 spiro atoms. The maximum atomic E-state index is 13.1. The van der Waals surface area contributed by atoms with E-state index >= 15 is 0 Å². The standard InChI is InChI=1S/C28H29N7O4/c1-4-24(37)31-25-21(36)6-5-7-22(25)39-23-16-18-17-29-28(32-26(18)34(3)27(23)38)30-19-8-10-20(11-9-19)35-14-12-33(2)13-15-35/h4-11,16-17,36H,1,12-15H2,2-3H3,(H,31,37)(H,29,30,32). The summed E-state index contributed by atoms with van der Waals surface area (Å²) in [5.74, 6) is -0.318. The number of aryl methyl sites for hydroxylation is 1. The van der Waals surface area contributed by atoms with Crippen molar-refractivity contribution in [2.45, 2.75) is 0 Å². The van der Waals surface area contributed by atoms with Gasteiger partial charge in [-0.05, 0) is 55.6 Å². The van der Waals surface area contributed by atoms with Crippen LogP contribution in [0.5, 0.6) is 17.2 Å². The van der Waals surface area contributed by atoms with E-state index in [1.165, 1.54) is 28.5 Å². The third kappa shape index (κ3) is 5.53. The van der Waals surface area contributed by atoms with Crippen LogP contribution >= 0.6 is 0 Å². The number of ether oxygens (including phenoxy) is 1. The maximum absolute atomic E-state index is 13.1. The van der Waals surface area contributed by atoms with Crippen LogP contribution in [0.4, 0.5) is 23.0 Å². The highest BCUT2D eigenvalue weighted by molar-refractivity contribution is 6.01. The summed E-state index contributed by atoms with van der Waals surface area (Å²) < 4.78 is 7.19. The second kappa shape index (κ2) is 10.8. The van der Waals surface area contributed by atoms with Crippen LogP contribution in [0.1, 0.15) is 0 Å². The molecule has 0 aliphatic carbocycles. The van der Waals surface area contributed by atoms with Gasteiger partial charge in [-0.15, -0.1) is 0 Å². The number of fused-ring (bicyclic) bond motifs is 1. The van der Waals surface area contributed by atoms with Crippen LogP contribution in [0.2, 0.25) is 0 Å². The second-order valence-corrected chi connectivity index (χ2v) is 9.25. The van der Waals surface area contributed by atoms with Crippen LogP contribution in [-0.4, -0.2) is 63.7 Å². The molecule has 1 saturated heterocycles. The Bertz CT molecular complexity index is 1590. The number of hydrogen-bond acceptors (Lipinski definition) is 9. The fraction of sp³-hybridized carbons (Fsp3) is 0.214. The molecule has 3 N–H and O–H groups in total. The molecule has 1 amide bonds. The van der Waals surface area contributed by atoms with Crippen molar-refractivity contribution in [2.75, 3.05) is 48.8 Å². The molecular weight excluding hydrogens is 498 g/mol. The van der Waals surface area contributed by atoms with E-state index in [2.05, 4.69) is 56.2 Å². The number of piperazine rings is 1. The van der Waals surface area contributed by atoms with Crippen molar-refractivity contribution in [1.82, 2.24) is 19.4 Å². The largest absolute Gasteiger partial charge is 0.506 e. The summed E-state index contributed by atoms with van der Waals surface area (Å²) in [6.07, 6.45) is 2.66. The molecule has 1 fully saturated rings. The number of pyridine rings is 1. The molecular formula is C28H29N7O4. The number of likely N-dealkylation sites (N-methyl/N-ethyl adjacent to an activating group) is 1. The van der Waals surface area contributed by atoms with E-state index in [4.69, 9.17) is 4.74 Å². The van der Waals surface area contributed by atoms with Gasteiger partial charge >= 0.3 is 0 Å². The van der Waals surface area contributed by atoms with Crippen molar-refractivity contribution < 1.29 is 14.6 Å². The Morgan fingerprint density at radius 2 is 1.82 bits per heavy atom. The number of carbonyl (C=O) groups excluding carboxylic acids is 1. The molecule has 0 unspecified atom stereocenters. The Kier molecular flexibility index (Phi) is 7.15. The number of rotatable bonds is 7. The smallest absolute Gasteiger partial charge is 0.294 e. The zero-order valence-corrected chi connectivity index (χ0v) is 21.7. The highest BCUT2D eigenvalue weighted by Crippen LogP contribution is 2.36. The predicted molar refractivity (Wildman–Crippen MR) is 151 cm³/mol. The Morgan fingerprint density at radius 3 is 2.54 bits per heavy atom. The van der Waals surface area contributed by atoms with E-state index in [9.17, 15) is 14.7 Å². The van der Waals surface area contributed by atoms with Crippen LogP contribution in [0.15, 0.2) is 72.2 Å². The first-order chi connectivity index (χ1) is 18.8. The number of phenolic OH excluding ortho intramolecular Hbond substituents is 1. The summed E-state index contributed by atoms with van der Waals surface area (Å²) in [6, 6.07) is 14.1. The zero-order valence-electron chi connectivity index (χ0n) is 21.7. The number of aromatic nitrogens is 3. The molecule has 5 rings (SSSR count). The monoisotopic (exact) mass is 527 g/mol. The normalized spacial score (nSPS) is 13.7. The minimum absolute atomic E-state index is 0.0199. The zero-order chi connectivity index (χ0) is 27.5. The van der Waals surface area contributed by atoms with Gasteiger partial charge in [0.05, 0.1) is 0 Å². The Morgan fingerprint density at radius 1 is 1.08 bits per heavy atom. The number of carbonyl (C=O) groups is 1. The first kappa shape index (κ1) is 25.7. The number of aromatic hydroxyl groups is 1. The van der Waals surface area contributed by atoms with Gasteiger partial charge in [0.15, 0.2) is 11.5 Å². The number of anilines is 4. The van der Waals surface area contributed by atoms with E-state index < -0.39 is 11.5 Å². The minimum Gasteiger partial charge on any atom is -0.506 e. The number of nitrogens with one attached hydrogen (secondary N) is 2. The van der Waals surface area contributed by atoms with Gasteiger partial charge in [-0.25, -0.2) is 4.98 Å². The minimum atomic E-state index is -0.532. The lowest BCUT2D eigenvalue weighted by Crippen LogP contribution is -2.44. The van der Waals surface area contributed by atoms with Crippen LogP contribution in [-0.2, 0) is 11.8 Å². The van der Waals surface area contributed by atoms with Gasteiger partial charge in [0, 0.05) is 56.2 Å². The first-order valence-corrected chi connectivity index (χ1v) is 12.4. The quantitative estimate of drug-likeness (QED) is 0.245. The first-order valence-electron chi connectivity index (χ1n) is 12.4. The molecule has 200 valence electrons. The van der Waals surface area contributed by atoms with Gasteiger partial charge in [-0.3, -0.25) is 14.2 Å². The maximum Gasteiger partial charge on any atom is 0.294 e. The summed E-state index contributed by atoms with van der Waals surface area (Å²) in [5, 5.41) is 16.5. The van der Waals surface area contributed by atoms with Gasteiger partial charge in [0.2, 0.25) is 11.9 Å². The molecule has 11 heteroatoms. The molecule has 4 aromatic rings. The summed E-state index contributed by atoms with van der Waals surface area (Å²) in [5.41, 5.74) is 1.99. The number of amides is 1. The van der Waals surface area contributed by atoms with Crippen molar-refractivity contribution in [3.8, 4) is 17.2 Å². The fourth-order valence-corrected chi connectivity index (χ4v) is 4.32. The van der Waals surface area contributed by atoms with Crippen molar-refractivity contribution in [3.05, 3.63) is 77.7 Å². The molecule has 1 aliphatic heterocycles. The lowest BCUT2D eigenvalue weighted by Gasteiger charge is -2.34. The molecule has 1 aliphatic rings. The van der Waals surface area contributed by atoms with Crippen molar-refractivity contribution >= 4 is 40.0 Å². The molecule has 3 heterocycles. The van der Waals surface area contributed by atoms with E-state index in [-0.39, 0.29) is 22.9 Å². The van der Waals surface area contributed by atoms with Crippen molar-refractivity contribution in [1.29, 1.82) is 0 Å². The third-order valence-corrected chi connectivity index (χ3v) is 6.57. The predicted octanol–water partition coefficient (Wildman–Crippen LogP) is 3.45. The van der Waals surface area contributed by atoms with E-state index in [1.807, 2.05) is 12.1 Å².